The predicted octanol–water partition coefficient (Wildman–Crippen LogP) is -7.78. The van der Waals surface area contributed by atoms with Gasteiger partial charge in [-0.25, -0.2) is 4.79 Å². The molecule has 1 fully saturated rings. The number of thioether (sulfide) groups is 1. The average molecular weight is 1840 g/mol. The van der Waals surface area contributed by atoms with Gasteiger partial charge >= 0.3 is 18.1 Å². The molecular weight excluding hydrogens is 1720 g/mol. The second-order valence-electron chi connectivity index (χ2n) is 30.8. The number of hydrogen-bond acceptors (Lipinski definition) is 28. The van der Waals surface area contributed by atoms with Gasteiger partial charge in [0.05, 0.1) is 50.7 Å². The van der Waals surface area contributed by atoms with E-state index in [0.29, 0.717) is 11.1 Å². The number of carbonyl (C=O) groups excluding carboxylic acids is 17. The number of amides is 16. The maximum Gasteiger partial charge on any atom is 0.446 e. The van der Waals surface area contributed by atoms with Crippen LogP contribution in [0.25, 0.3) is 0 Å². The summed E-state index contributed by atoms with van der Waals surface area (Å²) < 4.78 is 31.2. The minimum absolute atomic E-state index is 0.00272. The smallest absolute Gasteiger partial charge is 0.446 e. The zero-order chi connectivity index (χ0) is 97.0. The zero-order valence-corrected chi connectivity index (χ0v) is 72.8. The van der Waals surface area contributed by atoms with Gasteiger partial charge in [0, 0.05) is 25.8 Å². The lowest BCUT2D eigenvalue weighted by molar-refractivity contribution is -0.156. The van der Waals surface area contributed by atoms with Crippen LogP contribution in [0, 0.1) is 11.8 Å². The van der Waals surface area contributed by atoms with Crippen LogP contribution in [0.5, 0.6) is 5.75 Å². The van der Waals surface area contributed by atoms with E-state index in [1.807, 2.05) is 0 Å². The molecule has 28 N–H and O–H groups in total. The van der Waals surface area contributed by atoms with Crippen LogP contribution in [0.2, 0.25) is 0 Å². The standard InChI is InChI=1S/C77H120N18O26S.C2HF3O/c1-38(2)31-51(70(113)91-60(39(3)4)74(117)94-63(42(7)100)77(120)121)88-73(116)55-18-14-29-95(55)76(119)62(41(6)99)93-67(110)48(23-25-56(80)102)85-71(114)53(36-96)89-65(108)47(17-12-13-28-78)84-66(109)49(24-26-59(105)106)86-72(115)54(37-97)90-75(118)61(40(5)98)92-68(111)50(27-30-122-8)87-69(112)52(33-43-15-10-9-11-16-43)83-58(104)35-81-57(103)34-82-64(107)46(79)32-44-19-21-45(101)22-20-44;3-2(4,5)1-6/h9-11,15-16,19-22,38-42,46-55,60-63,96-101H,12-14,17-18,23-37,78-79H2,1-8H3,(H2,80,102)(H,81,103)(H,82,107)(H,83,104)(H,84,109)(H,85,114)(H,86,115)(H,87,112)(H,88,116)(H,89,108)(H,90,118)(H,91,113)(H,92,111)(H,93,110)(H,94,117)(H,105,106)(H,120,121);1H/t40-,41-,42-,46+,47+,48+,49+,50+,51+,52+,53+,54+,55+,60+,61+,62+,63+;/m1./s1. The number of aliphatic carboxylic acids is 2. The summed E-state index contributed by atoms with van der Waals surface area (Å²) in [5.74, 6) is -20.6. The molecule has 0 aromatic heterocycles. The second kappa shape index (κ2) is 57.1. The maximum atomic E-state index is 14.4. The topological polar surface area (TPSA) is 736 Å². The summed E-state index contributed by atoms with van der Waals surface area (Å²) in [6.07, 6.45) is -12.0. The van der Waals surface area contributed by atoms with Crippen LogP contribution in [0.3, 0.4) is 0 Å². The summed E-state index contributed by atoms with van der Waals surface area (Å²) in [4.78, 5) is 253. The number of hydrogen-bond donors (Lipinski definition) is 25. The summed E-state index contributed by atoms with van der Waals surface area (Å²) in [5, 5.41) is 115. The van der Waals surface area contributed by atoms with E-state index in [0.717, 1.165) is 25.7 Å². The number of aldehydes is 1. The molecule has 0 bridgehead atoms. The number of unbranched alkanes of at least 4 members (excludes halogenated alkanes) is 1. The molecule has 45 nitrogen and oxygen atoms in total. The highest BCUT2D eigenvalue weighted by Crippen LogP contribution is 2.22. The predicted molar refractivity (Wildman–Crippen MR) is 448 cm³/mol. The minimum Gasteiger partial charge on any atom is -0.508 e. The first-order valence-electron chi connectivity index (χ1n) is 40.8. The van der Waals surface area contributed by atoms with Gasteiger partial charge in [0.15, 0.2) is 6.04 Å². The van der Waals surface area contributed by atoms with E-state index >= 15 is 0 Å². The lowest BCUT2D eigenvalue weighted by Crippen LogP contribution is -2.63. The molecule has 1 aliphatic rings. The third-order valence-electron chi connectivity index (χ3n) is 19.3. The van der Waals surface area contributed by atoms with Crippen LogP contribution < -0.4 is 91.6 Å². The van der Waals surface area contributed by atoms with Gasteiger partial charge in [-0.15, -0.1) is 0 Å². The number of benzene rings is 2. The van der Waals surface area contributed by atoms with Gasteiger partial charge in [-0.05, 0) is 139 Å². The van der Waals surface area contributed by atoms with E-state index in [-0.39, 0.29) is 88.3 Å². The number of aliphatic hydroxyl groups is 5. The van der Waals surface area contributed by atoms with Crippen molar-refractivity contribution in [2.45, 2.75) is 241 Å². The Bertz CT molecular complexity index is 4060. The van der Waals surface area contributed by atoms with E-state index in [4.69, 9.17) is 22.0 Å². The first-order valence-corrected chi connectivity index (χ1v) is 42.2. The Kier molecular flexibility index (Phi) is 50.1. The highest BCUT2D eigenvalue weighted by Gasteiger charge is 2.44. The molecule has 1 saturated heterocycles. The van der Waals surface area contributed by atoms with Crippen molar-refractivity contribution in [3.05, 3.63) is 65.7 Å². The minimum atomic E-state index is -4.64. The van der Waals surface area contributed by atoms with E-state index < -0.39 is 280 Å². The number of alkyl halides is 3. The van der Waals surface area contributed by atoms with Gasteiger partial charge < -0.3 is 137 Å². The Labute approximate surface area is 738 Å². The third-order valence-corrected chi connectivity index (χ3v) is 19.9. The number of phenols is 1. The molecule has 3 rings (SSSR count). The fraction of sp³-hybridized carbons (Fsp3) is 0.608. The first-order chi connectivity index (χ1) is 60.0. The van der Waals surface area contributed by atoms with Crippen LogP contribution in [-0.4, -0.2) is 319 Å². The normalized spacial score (nSPS) is 16.2. The van der Waals surface area contributed by atoms with Crippen molar-refractivity contribution in [3.63, 3.8) is 0 Å². The molecular formula is C79H121F3N18O27S. The van der Waals surface area contributed by atoms with Gasteiger partial charge in [0.25, 0.3) is 0 Å². The second-order valence-corrected chi connectivity index (χ2v) is 31.8. The number of nitrogens with one attached hydrogen (secondary N) is 14. The zero-order valence-electron chi connectivity index (χ0n) is 71.9. The Morgan fingerprint density at radius 2 is 0.945 bits per heavy atom. The third kappa shape index (κ3) is 41.3. The molecule has 17 atom stereocenters. The molecule has 0 aliphatic carbocycles. The largest absolute Gasteiger partial charge is 0.508 e. The average Bonchev–Trinajstić information content (AvgIpc) is 1.65. The van der Waals surface area contributed by atoms with E-state index in [1.165, 1.54) is 23.9 Å². The van der Waals surface area contributed by atoms with Gasteiger partial charge in [-0.1, -0.05) is 70.2 Å². The fourth-order valence-electron chi connectivity index (χ4n) is 12.4. The van der Waals surface area contributed by atoms with E-state index in [1.54, 1.807) is 76.4 Å². The maximum absolute atomic E-state index is 14.4. The molecule has 1 aliphatic heterocycles. The molecule has 16 amide bonds. The van der Waals surface area contributed by atoms with Crippen molar-refractivity contribution in [1.29, 1.82) is 0 Å². The Hall–Kier alpha value is -11.8. The number of aromatic hydroxyl groups is 1. The summed E-state index contributed by atoms with van der Waals surface area (Å²) in [5.41, 5.74) is 18.3. The molecule has 2 aromatic rings. The van der Waals surface area contributed by atoms with Gasteiger partial charge in [0.1, 0.15) is 78.3 Å². The number of nitrogens with two attached hydrogens (primary N) is 3. The molecule has 49 heteroatoms. The first kappa shape index (κ1) is 112. The lowest BCUT2D eigenvalue weighted by atomic mass is 9.99. The number of likely N-dealkylation sites (tertiary alicyclic amines) is 1. The van der Waals surface area contributed by atoms with Crippen molar-refractivity contribution in [2.24, 2.45) is 29.0 Å². The van der Waals surface area contributed by atoms with Crippen molar-refractivity contribution in [1.82, 2.24) is 79.3 Å². The van der Waals surface area contributed by atoms with Crippen molar-refractivity contribution in [3.8, 4) is 5.75 Å². The summed E-state index contributed by atoms with van der Waals surface area (Å²) in [6, 6.07) is -9.01. The molecule has 0 spiro atoms. The van der Waals surface area contributed by atoms with Gasteiger partial charge in [-0.3, -0.25) is 86.3 Å². The highest BCUT2D eigenvalue weighted by molar-refractivity contribution is 7.98. The van der Waals surface area contributed by atoms with Crippen LogP contribution in [0.4, 0.5) is 13.2 Å². The van der Waals surface area contributed by atoms with Crippen LogP contribution in [0.15, 0.2) is 54.6 Å². The highest BCUT2D eigenvalue weighted by atomic mass is 32.2. The SMILES string of the molecule is CSCC[C@H](NC(=O)[C@H](Cc1ccccc1)NC(=O)CNC(=O)CNC(=O)[C@@H](N)Cc1ccc(O)cc1)C(=O)N[C@H](C(=O)N[C@@H](CO)C(=O)N[C@@H](CCC(=O)O)C(=O)N[C@@H](CCCCN)C(=O)N[C@@H](CO)C(=O)N[C@@H](CCC(N)=O)C(=O)N[C@H](C(=O)N1CCC[C@H]1C(=O)N[C@@H](CC(C)C)C(=O)N[C@H](C(=O)N[C@H](C(=O)O)[C@@H](C)O)C(C)C)[C@@H](C)O)[C@@H](C)O.O=CC(F)(F)F. The molecule has 0 radical (unpaired) electrons. The number of carbonyl (C=O) groups is 19. The van der Waals surface area contributed by atoms with Crippen molar-refractivity contribution in [2.75, 3.05) is 51.4 Å². The van der Waals surface area contributed by atoms with Crippen molar-refractivity contribution >= 4 is 125 Å². The molecule has 128 heavy (non-hydrogen) atoms. The fourth-order valence-corrected chi connectivity index (χ4v) is 12.8. The van der Waals surface area contributed by atoms with Gasteiger partial charge in [-0.2, -0.15) is 24.9 Å². The number of rotatable bonds is 55. The monoisotopic (exact) mass is 1840 g/mol. The van der Waals surface area contributed by atoms with E-state index in [9.17, 15) is 140 Å². The quantitative estimate of drug-likeness (QED) is 0.0216. The number of carboxylic acid groups (broad SMARTS) is 2. The summed E-state index contributed by atoms with van der Waals surface area (Å²) >= 11 is 1.24. The van der Waals surface area contributed by atoms with Crippen LogP contribution in [-0.2, 0) is 104 Å². The van der Waals surface area contributed by atoms with Gasteiger partial charge in [0.2, 0.25) is 101 Å². The molecule has 2 aromatic carbocycles. The van der Waals surface area contributed by atoms with E-state index in [2.05, 4.69) is 74.4 Å². The number of nitrogens with zero attached hydrogens (tertiary/aromatic N) is 1. The number of primary amides is 1. The Morgan fingerprint density at radius 1 is 0.508 bits per heavy atom. The molecule has 1 heterocycles. The lowest BCUT2D eigenvalue weighted by Gasteiger charge is -2.32. The molecule has 0 unspecified atom stereocenters. The number of phenolic OH excluding ortho intramolecular Hbond substituents is 1. The number of carboxylic acids is 2. The summed E-state index contributed by atoms with van der Waals surface area (Å²) in [7, 11) is 0. The number of halogens is 3. The number of aliphatic hydroxyl groups excluding tert-OH is 5. The summed E-state index contributed by atoms with van der Waals surface area (Å²) in [6.45, 7) is 5.99. The van der Waals surface area contributed by atoms with Crippen molar-refractivity contribution < 1.29 is 145 Å². The Balaban J connectivity index is 0.00000890. The Morgan fingerprint density at radius 3 is 1.42 bits per heavy atom. The molecule has 0 saturated carbocycles. The van der Waals surface area contributed by atoms with Crippen LogP contribution >= 0.6 is 11.8 Å². The molecule has 716 valence electrons. The van der Waals surface area contributed by atoms with Crippen LogP contribution in [0.1, 0.15) is 130 Å².